The lowest BCUT2D eigenvalue weighted by molar-refractivity contribution is -0.137. The first kappa shape index (κ1) is 18.8. The van der Waals surface area contributed by atoms with Crippen molar-refractivity contribution in [2.45, 2.75) is 57.0 Å². The quantitative estimate of drug-likeness (QED) is 0.764. The zero-order valence-corrected chi connectivity index (χ0v) is 15.8. The van der Waals surface area contributed by atoms with Crippen molar-refractivity contribution in [2.75, 3.05) is 39.3 Å². The number of hydrogen-bond acceptors (Lipinski definition) is 3. The van der Waals surface area contributed by atoms with Gasteiger partial charge in [0.1, 0.15) is 0 Å². The summed E-state index contributed by atoms with van der Waals surface area (Å²) in [5, 5.41) is 3.64. The Morgan fingerprint density at radius 2 is 1.32 bits per heavy atom. The lowest BCUT2D eigenvalue weighted by Crippen LogP contribution is -2.49. The van der Waals surface area contributed by atoms with Crippen molar-refractivity contribution in [3.05, 3.63) is 0 Å². The first-order valence-electron chi connectivity index (χ1n) is 9.79. The van der Waals surface area contributed by atoms with E-state index in [4.69, 9.17) is 0 Å². The molecule has 0 aromatic rings. The maximum absolute atomic E-state index is 12.9. The molecule has 0 radical (unpaired) electrons. The number of likely N-dealkylation sites (tertiary alicyclic amines) is 3. The molecule has 0 aromatic carbocycles. The van der Waals surface area contributed by atoms with E-state index in [1.165, 1.54) is 12.8 Å². The van der Waals surface area contributed by atoms with E-state index in [0.29, 0.717) is 18.0 Å². The van der Waals surface area contributed by atoms with Gasteiger partial charge in [-0.2, -0.15) is 0 Å². The smallest absolute Gasteiger partial charge is 0.319 e. The van der Waals surface area contributed by atoms with Crippen LogP contribution in [0.15, 0.2) is 0 Å². The van der Waals surface area contributed by atoms with E-state index < -0.39 is 0 Å². The van der Waals surface area contributed by atoms with E-state index >= 15 is 0 Å². The SMILES string of the molecule is Cl.O=C(C1CCN(C(=O)N2CCCC2)CC1)N1CCC2CCC(C1)N2. The van der Waals surface area contributed by atoms with E-state index in [9.17, 15) is 9.59 Å². The van der Waals surface area contributed by atoms with Crippen LogP contribution in [0.2, 0.25) is 0 Å². The Kier molecular flexibility index (Phi) is 6.10. The van der Waals surface area contributed by atoms with Crippen LogP contribution in [0.5, 0.6) is 0 Å². The summed E-state index contributed by atoms with van der Waals surface area (Å²) >= 11 is 0. The fraction of sp³-hybridized carbons (Fsp3) is 0.889. The highest BCUT2D eigenvalue weighted by Crippen LogP contribution is 2.25. The van der Waals surface area contributed by atoms with E-state index in [1.807, 2.05) is 9.80 Å². The van der Waals surface area contributed by atoms with Gasteiger partial charge in [0.15, 0.2) is 0 Å². The van der Waals surface area contributed by atoms with E-state index in [2.05, 4.69) is 10.2 Å². The predicted octanol–water partition coefficient (Wildman–Crippen LogP) is 1.69. The number of rotatable bonds is 1. The number of halogens is 1. The molecule has 7 heteroatoms. The molecule has 4 saturated heterocycles. The Hall–Kier alpha value is -1.01. The highest BCUT2D eigenvalue weighted by molar-refractivity contribution is 5.85. The fourth-order valence-electron chi connectivity index (χ4n) is 4.83. The highest BCUT2D eigenvalue weighted by Gasteiger charge is 2.36. The largest absolute Gasteiger partial charge is 0.341 e. The summed E-state index contributed by atoms with van der Waals surface area (Å²) in [6.07, 6.45) is 7.49. The number of carbonyl (C=O) groups excluding carboxylic acids is 2. The van der Waals surface area contributed by atoms with Crippen molar-refractivity contribution in [2.24, 2.45) is 5.92 Å². The molecule has 6 nitrogen and oxygen atoms in total. The van der Waals surface area contributed by atoms with E-state index in [0.717, 1.165) is 71.4 Å². The van der Waals surface area contributed by atoms with Gasteiger partial charge < -0.3 is 20.0 Å². The lowest BCUT2D eigenvalue weighted by atomic mass is 9.94. The molecule has 2 atom stereocenters. The summed E-state index contributed by atoms with van der Waals surface area (Å²) in [6.45, 7) is 5.07. The first-order chi connectivity index (χ1) is 11.7. The van der Waals surface area contributed by atoms with Gasteiger partial charge in [-0.25, -0.2) is 4.79 Å². The standard InChI is InChI=1S/C18H30N4O2.ClH/c23-17(22-12-7-15-3-4-16(13-22)19-15)14-5-10-21(11-6-14)18(24)20-8-1-2-9-20;/h14-16,19H,1-13H2;1H. The molecule has 2 bridgehead atoms. The average molecular weight is 371 g/mol. The van der Waals surface area contributed by atoms with E-state index in [1.54, 1.807) is 0 Å². The van der Waals surface area contributed by atoms with Crippen LogP contribution in [0, 0.1) is 5.92 Å². The molecule has 0 spiro atoms. The van der Waals surface area contributed by atoms with Crippen LogP contribution < -0.4 is 5.32 Å². The van der Waals surface area contributed by atoms with Crippen molar-refractivity contribution in [1.29, 1.82) is 0 Å². The highest BCUT2D eigenvalue weighted by atomic mass is 35.5. The third-order valence-electron chi connectivity index (χ3n) is 6.33. The number of amides is 3. The second kappa shape index (κ2) is 8.12. The average Bonchev–Trinajstić information content (AvgIpc) is 3.24. The summed E-state index contributed by atoms with van der Waals surface area (Å²) in [7, 11) is 0. The zero-order chi connectivity index (χ0) is 16.5. The predicted molar refractivity (Wildman–Crippen MR) is 98.9 cm³/mol. The van der Waals surface area contributed by atoms with E-state index in [-0.39, 0.29) is 24.4 Å². The molecule has 4 aliphatic rings. The number of urea groups is 1. The summed E-state index contributed by atoms with van der Waals surface area (Å²) in [6, 6.07) is 1.31. The Morgan fingerprint density at radius 1 is 0.720 bits per heavy atom. The number of fused-ring (bicyclic) bond motifs is 2. The summed E-state index contributed by atoms with van der Waals surface area (Å²) in [5.74, 6) is 0.446. The molecule has 4 fully saturated rings. The molecule has 4 aliphatic heterocycles. The van der Waals surface area contributed by atoms with Gasteiger partial charge >= 0.3 is 6.03 Å². The Balaban J connectivity index is 0.00000182. The molecular formula is C18H31ClN4O2. The second-order valence-electron chi connectivity index (χ2n) is 7.95. The number of hydrogen-bond donors (Lipinski definition) is 1. The third-order valence-corrected chi connectivity index (χ3v) is 6.33. The molecule has 0 saturated carbocycles. The monoisotopic (exact) mass is 370 g/mol. The third kappa shape index (κ3) is 4.05. The molecule has 0 aliphatic carbocycles. The van der Waals surface area contributed by atoms with Crippen LogP contribution in [-0.4, -0.2) is 78.0 Å². The first-order valence-corrected chi connectivity index (χ1v) is 9.79. The topological polar surface area (TPSA) is 55.9 Å². The summed E-state index contributed by atoms with van der Waals surface area (Å²) in [4.78, 5) is 31.4. The molecular weight excluding hydrogens is 340 g/mol. The molecule has 25 heavy (non-hydrogen) atoms. The maximum atomic E-state index is 12.9. The van der Waals surface area contributed by atoms with Gasteiger partial charge in [-0.3, -0.25) is 4.79 Å². The molecule has 4 rings (SSSR count). The minimum atomic E-state index is 0. The van der Waals surface area contributed by atoms with Crippen molar-refractivity contribution < 1.29 is 9.59 Å². The van der Waals surface area contributed by atoms with Crippen molar-refractivity contribution in [1.82, 2.24) is 20.0 Å². The molecule has 0 aromatic heterocycles. The van der Waals surface area contributed by atoms with Crippen LogP contribution in [0.4, 0.5) is 4.79 Å². The maximum Gasteiger partial charge on any atom is 0.319 e. The number of nitrogens with zero attached hydrogens (tertiary/aromatic N) is 3. The van der Waals surface area contributed by atoms with Gasteiger partial charge in [0.2, 0.25) is 5.91 Å². The van der Waals surface area contributed by atoms with Gasteiger partial charge in [-0.15, -0.1) is 12.4 Å². The minimum absolute atomic E-state index is 0. The van der Waals surface area contributed by atoms with Gasteiger partial charge in [-0.05, 0) is 44.9 Å². The Morgan fingerprint density at radius 3 is 2.04 bits per heavy atom. The van der Waals surface area contributed by atoms with Gasteiger partial charge in [0.05, 0.1) is 0 Å². The van der Waals surface area contributed by atoms with Gasteiger partial charge in [0, 0.05) is 57.3 Å². The molecule has 2 unspecified atom stereocenters. The summed E-state index contributed by atoms with van der Waals surface area (Å²) in [5.41, 5.74) is 0. The lowest BCUT2D eigenvalue weighted by Gasteiger charge is -2.36. The van der Waals surface area contributed by atoms with Crippen LogP contribution in [0.25, 0.3) is 0 Å². The van der Waals surface area contributed by atoms with Gasteiger partial charge in [0.25, 0.3) is 0 Å². The minimum Gasteiger partial charge on any atom is -0.341 e. The Bertz CT molecular complexity index is 489. The van der Waals surface area contributed by atoms with Crippen LogP contribution in [-0.2, 0) is 4.79 Å². The molecule has 1 N–H and O–H groups in total. The Labute approximate surface area is 156 Å². The van der Waals surface area contributed by atoms with Crippen molar-refractivity contribution in [3.63, 3.8) is 0 Å². The zero-order valence-electron chi connectivity index (χ0n) is 15.0. The summed E-state index contributed by atoms with van der Waals surface area (Å²) < 4.78 is 0. The van der Waals surface area contributed by atoms with Crippen molar-refractivity contribution >= 4 is 24.3 Å². The van der Waals surface area contributed by atoms with Crippen LogP contribution in [0.3, 0.4) is 0 Å². The number of piperidine rings is 1. The number of carbonyl (C=O) groups is 2. The van der Waals surface area contributed by atoms with Crippen molar-refractivity contribution in [3.8, 4) is 0 Å². The van der Waals surface area contributed by atoms with Crippen LogP contribution >= 0.6 is 12.4 Å². The van der Waals surface area contributed by atoms with Gasteiger partial charge in [-0.1, -0.05) is 0 Å². The van der Waals surface area contributed by atoms with Crippen LogP contribution in [0.1, 0.15) is 44.9 Å². The normalized spacial score (nSPS) is 30.2. The molecule has 142 valence electrons. The second-order valence-corrected chi connectivity index (χ2v) is 7.95. The number of nitrogens with one attached hydrogen (secondary N) is 1. The molecule has 3 amide bonds. The fourth-order valence-corrected chi connectivity index (χ4v) is 4.83. The molecule has 4 heterocycles.